The van der Waals surface area contributed by atoms with Gasteiger partial charge < -0.3 is 9.84 Å². The monoisotopic (exact) mass is 1120 g/mol. The van der Waals surface area contributed by atoms with Gasteiger partial charge in [0.15, 0.2) is 5.75 Å². The van der Waals surface area contributed by atoms with E-state index in [-0.39, 0.29) is 16.5 Å². The van der Waals surface area contributed by atoms with Gasteiger partial charge in [-0.15, -0.1) is 10.2 Å². The van der Waals surface area contributed by atoms with Crippen LogP contribution in [0.4, 0.5) is 56.9 Å². The third kappa shape index (κ3) is 12.6. The molecule has 0 aliphatic heterocycles. The van der Waals surface area contributed by atoms with Gasteiger partial charge in [0.05, 0.1) is 57.5 Å². The number of aryl methyl sites for hydroxylation is 4. The van der Waals surface area contributed by atoms with Crippen molar-refractivity contribution in [3.8, 4) is 11.5 Å². The lowest BCUT2D eigenvalue weighted by Gasteiger charge is -2.10. The van der Waals surface area contributed by atoms with Gasteiger partial charge in [-0.25, -0.2) is 0 Å². The Morgan fingerprint density at radius 2 is 0.792 bits per heavy atom. The third-order valence-corrected chi connectivity index (χ3v) is 14.9. The van der Waals surface area contributed by atoms with Gasteiger partial charge in [-0.1, -0.05) is 0 Å². The lowest BCUT2D eigenvalue weighted by molar-refractivity contribution is 0.415. The first-order valence-electron chi connectivity index (χ1n) is 22.0. The number of azo groups is 5. The van der Waals surface area contributed by atoms with Gasteiger partial charge in [0.2, 0.25) is 0 Å². The minimum atomic E-state index is -5.15. The SMILES string of the molecule is COc1ccc(N=Nc2ccc3c(O)c(N=Nc4cc(C)c(N=Nc5ccc(N=Nc6ccc(N=Nc7cc8c(S(=O)(=O)O)cc(S(=O)(=O)O)cc8cc7S(=O)(=O)O)c(C)c6)c(C)c5)cc4C)c(S(=O)(=O)O)cc3c2)cc1. The quantitative estimate of drug-likeness (QED) is 0.0471. The van der Waals surface area contributed by atoms with E-state index in [1.807, 2.05) is 0 Å². The Kier molecular flexibility index (Phi) is 15.1. The highest BCUT2D eigenvalue weighted by Gasteiger charge is 2.26. The van der Waals surface area contributed by atoms with Crippen LogP contribution in [0.15, 0.2) is 192 Å². The van der Waals surface area contributed by atoms with Crippen LogP contribution in [0, 0.1) is 27.7 Å². The van der Waals surface area contributed by atoms with Crippen molar-refractivity contribution in [2.45, 2.75) is 47.3 Å². The van der Waals surface area contributed by atoms with Crippen LogP contribution in [0.1, 0.15) is 22.3 Å². The summed E-state index contributed by atoms with van der Waals surface area (Å²) in [5.41, 5.74) is 4.50. The summed E-state index contributed by atoms with van der Waals surface area (Å²) < 4.78 is 142. The van der Waals surface area contributed by atoms with Gasteiger partial charge in [0, 0.05) is 10.8 Å². The lowest BCUT2D eigenvalue weighted by Crippen LogP contribution is -2.05. The molecule has 77 heavy (non-hydrogen) atoms. The fraction of sp³-hybridized carbons (Fsp3) is 0.102. The molecule has 0 amide bonds. The van der Waals surface area contributed by atoms with E-state index in [1.54, 1.807) is 94.4 Å². The smallest absolute Gasteiger partial charge is 0.296 e. The van der Waals surface area contributed by atoms with Crippen LogP contribution in [0.25, 0.3) is 21.5 Å². The number of fused-ring (bicyclic) bond motifs is 2. The maximum Gasteiger partial charge on any atom is 0.296 e. The Hall–Kier alpha value is -8.48. The molecule has 0 spiro atoms. The maximum absolute atomic E-state index is 12.6. The molecule has 0 bridgehead atoms. The van der Waals surface area contributed by atoms with Crippen molar-refractivity contribution < 1.29 is 61.7 Å². The normalized spacial score (nSPS) is 12.9. The predicted octanol–water partition coefficient (Wildman–Crippen LogP) is 14.0. The number of rotatable bonds is 15. The number of hydrogen-bond donors (Lipinski definition) is 5. The summed E-state index contributed by atoms with van der Waals surface area (Å²) in [5, 5.41) is 53.0. The van der Waals surface area contributed by atoms with E-state index in [1.165, 1.54) is 31.4 Å². The number of ether oxygens (including phenoxy) is 1. The number of hydrogen-bond acceptors (Lipinski definition) is 20. The lowest BCUT2D eigenvalue weighted by atomic mass is 10.1. The minimum absolute atomic E-state index is 0.190. The molecule has 0 aromatic heterocycles. The zero-order valence-corrected chi connectivity index (χ0v) is 43.8. The zero-order valence-electron chi connectivity index (χ0n) is 40.6. The summed E-state index contributed by atoms with van der Waals surface area (Å²) in [6.45, 7) is 6.89. The van der Waals surface area contributed by atoms with Crippen LogP contribution >= 0.6 is 0 Å². The van der Waals surface area contributed by atoms with Gasteiger partial charge in [-0.3, -0.25) is 18.2 Å². The average molecular weight is 1120 g/mol. The van der Waals surface area contributed by atoms with E-state index >= 15 is 0 Å². The summed E-state index contributed by atoms with van der Waals surface area (Å²) in [6, 6.07) is 28.3. The molecule has 0 atom stereocenters. The highest BCUT2D eigenvalue weighted by atomic mass is 32.2. The molecule has 5 N–H and O–H groups in total. The molecule has 0 saturated heterocycles. The number of aromatic hydroxyl groups is 1. The average Bonchev–Trinajstić information content (AvgIpc) is 3.36. The molecule has 394 valence electrons. The highest BCUT2D eigenvalue weighted by Crippen LogP contribution is 2.44. The van der Waals surface area contributed by atoms with Gasteiger partial charge in [0.25, 0.3) is 40.5 Å². The third-order valence-electron chi connectivity index (χ3n) is 11.4. The minimum Gasteiger partial charge on any atom is -0.505 e. The molecule has 0 fully saturated rings. The molecule has 0 aliphatic carbocycles. The standard InChI is InChI=1S/C49H40N10O14S4/c1-26-16-34(9-14-40(26)54-52-33-10-15-41(27(2)17-33)55-58-44-25-39-31(22-46(44)76(67,68)69)21-37(74(61,62)63)24-45(39)75(64,65)66)53-56-42-18-29(4)43(19-28(42)3)57-59-48-47(77(70,71)72)23-30-20-35(8-13-38(30)49(48)60)51-50-32-6-11-36(73-5)12-7-32/h6-25,60H,1-5H3,(H,61,62,63)(H,64,65,66)(H,67,68,69)(H,70,71,72). The largest absolute Gasteiger partial charge is 0.505 e. The highest BCUT2D eigenvalue weighted by molar-refractivity contribution is 7.87. The topological polar surface area (TPSA) is 371 Å². The van der Waals surface area contributed by atoms with Gasteiger partial charge in [0.1, 0.15) is 31.8 Å². The van der Waals surface area contributed by atoms with E-state index in [4.69, 9.17) is 4.74 Å². The molecule has 8 rings (SSSR count). The van der Waals surface area contributed by atoms with Crippen molar-refractivity contribution in [3.63, 3.8) is 0 Å². The Bertz CT molecular complexity index is 4380. The number of phenols is 1. The molecule has 0 saturated carbocycles. The first-order chi connectivity index (χ1) is 36.2. The number of nitrogens with zero attached hydrogens (tertiary/aromatic N) is 10. The second-order valence-electron chi connectivity index (χ2n) is 16.9. The molecule has 24 nitrogen and oxygen atoms in total. The fourth-order valence-electron chi connectivity index (χ4n) is 7.49. The molecule has 8 aromatic carbocycles. The van der Waals surface area contributed by atoms with Crippen molar-refractivity contribution in [1.82, 2.24) is 0 Å². The van der Waals surface area contributed by atoms with Crippen molar-refractivity contribution in [2.24, 2.45) is 51.1 Å². The summed E-state index contributed by atoms with van der Waals surface area (Å²) in [6.07, 6.45) is 0. The summed E-state index contributed by atoms with van der Waals surface area (Å²) in [4.78, 5) is -3.54. The van der Waals surface area contributed by atoms with Crippen LogP contribution in [0.5, 0.6) is 11.5 Å². The van der Waals surface area contributed by atoms with Crippen molar-refractivity contribution in [3.05, 3.63) is 144 Å². The van der Waals surface area contributed by atoms with E-state index < -0.39 is 88.0 Å². The van der Waals surface area contributed by atoms with E-state index in [2.05, 4.69) is 51.1 Å². The number of phenolic OH excluding ortho intramolecular Hbond substituents is 1. The zero-order chi connectivity index (χ0) is 55.8. The van der Waals surface area contributed by atoms with Crippen molar-refractivity contribution >= 4 is 119 Å². The van der Waals surface area contributed by atoms with E-state index in [0.29, 0.717) is 79.9 Å². The van der Waals surface area contributed by atoms with Gasteiger partial charge in [-0.05, 0) is 182 Å². The second kappa shape index (κ2) is 21.3. The molecule has 8 aromatic rings. The molecular formula is C49H40N10O14S4. The van der Waals surface area contributed by atoms with Gasteiger partial charge >= 0.3 is 0 Å². The van der Waals surface area contributed by atoms with E-state index in [9.17, 15) is 57.0 Å². The van der Waals surface area contributed by atoms with E-state index in [0.717, 1.165) is 18.2 Å². The molecule has 0 unspecified atom stereocenters. The predicted molar refractivity (Wildman–Crippen MR) is 281 cm³/mol. The second-order valence-corrected chi connectivity index (χ2v) is 22.5. The van der Waals surface area contributed by atoms with Crippen LogP contribution in [-0.4, -0.2) is 64.1 Å². The summed E-state index contributed by atoms with van der Waals surface area (Å²) >= 11 is 0. The molecular weight excluding hydrogens is 1080 g/mol. The summed E-state index contributed by atoms with van der Waals surface area (Å²) in [7, 11) is -18.6. The van der Waals surface area contributed by atoms with Crippen LogP contribution < -0.4 is 4.74 Å². The van der Waals surface area contributed by atoms with Crippen LogP contribution in [0.3, 0.4) is 0 Å². The maximum atomic E-state index is 12.6. The first-order valence-corrected chi connectivity index (χ1v) is 27.8. The molecule has 28 heteroatoms. The number of methoxy groups -OCH3 is 1. The van der Waals surface area contributed by atoms with Gasteiger partial charge in [-0.2, -0.15) is 74.6 Å². The van der Waals surface area contributed by atoms with Crippen molar-refractivity contribution in [2.75, 3.05) is 7.11 Å². The van der Waals surface area contributed by atoms with Crippen molar-refractivity contribution in [1.29, 1.82) is 0 Å². The Morgan fingerprint density at radius 1 is 0.364 bits per heavy atom. The molecule has 0 radical (unpaired) electrons. The Morgan fingerprint density at radius 3 is 1.32 bits per heavy atom. The van der Waals surface area contributed by atoms with Crippen LogP contribution in [-0.2, 0) is 40.5 Å². The number of benzene rings is 8. The first kappa shape index (κ1) is 54.8. The fourth-order valence-corrected chi connectivity index (χ4v) is 10.1. The van der Waals surface area contributed by atoms with Crippen LogP contribution in [0.2, 0.25) is 0 Å². The molecule has 0 aliphatic rings. The Balaban J connectivity index is 0.970. The molecule has 0 heterocycles. The summed E-state index contributed by atoms with van der Waals surface area (Å²) in [5.74, 6) is 0.102. The Labute approximate surface area is 439 Å².